The Bertz CT molecular complexity index is 2350. The molecule has 275 valence electrons. The van der Waals surface area contributed by atoms with Gasteiger partial charge in [-0.15, -0.1) is 0 Å². The fourth-order valence-electron chi connectivity index (χ4n) is 6.30. The van der Waals surface area contributed by atoms with Gasteiger partial charge in [-0.2, -0.15) is 13.2 Å². The molecule has 0 saturated heterocycles. The number of alkyl halides is 3. The summed E-state index contributed by atoms with van der Waals surface area (Å²) in [6, 6.07) is 48.3. The first-order chi connectivity index (χ1) is 25.4. The van der Waals surface area contributed by atoms with Crippen molar-refractivity contribution < 1.29 is 86.0 Å². The van der Waals surface area contributed by atoms with E-state index in [1.54, 1.807) is 30.3 Å². The van der Waals surface area contributed by atoms with Crippen LogP contribution in [-0.4, -0.2) is 29.4 Å². The minimum absolute atomic E-state index is 0. The largest absolute Gasteiger partial charge is 0.506 e. The summed E-state index contributed by atoms with van der Waals surface area (Å²) in [5, 5.41) is 14.4. The van der Waals surface area contributed by atoms with Crippen molar-refractivity contribution in [3.63, 3.8) is 0 Å². The van der Waals surface area contributed by atoms with Gasteiger partial charge in [0.2, 0.25) is 0 Å². The van der Waals surface area contributed by atoms with Crippen LogP contribution in [0.1, 0.15) is 16.8 Å². The molecule has 54 heavy (non-hydrogen) atoms. The first-order valence-corrected chi connectivity index (χ1v) is 20.4. The molecule has 0 fully saturated rings. The quantitative estimate of drug-likeness (QED) is 0.0673. The third-order valence-corrected chi connectivity index (χ3v) is 15.3. The van der Waals surface area contributed by atoms with Crippen LogP contribution >= 0.6 is 14.3 Å². The van der Waals surface area contributed by atoms with Crippen LogP contribution in [0.4, 0.5) is 13.2 Å². The third kappa shape index (κ3) is 8.80. The predicted octanol–water partition coefficient (Wildman–Crippen LogP) is 8.80. The molecule has 0 unspecified atom stereocenters. The monoisotopic (exact) mass is 905 g/mol. The van der Waals surface area contributed by atoms with E-state index in [1.807, 2.05) is 121 Å². The zero-order valence-electron chi connectivity index (χ0n) is 28.5. The molecular weight excluding hydrogens is 871 g/mol. The Kier molecular flexibility index (Phi) is 13.5. The number of aromatic hydroxyl groups is 1. The SMILES string of the molecule is O=C(c1c(O)c2c(ccc3ccccc32)oc1=O)C(F)(F)F.O=P(CCCP(=O)(c1ccccc1)c1ccccc1)(c1ccccc1)c1ccccc1.[Eu]. The van der Waals surface area contributed by atoms with Gasteiger partial charge in [0.15, 0.2) is 5.56 Å². The minimum atomic E-state index is -5.29. The van der Waals surface area contributed by atoms with Gasteiger partial charge in [-0.1, -0.05) is 152 Å². The van der Waals surface area contributed by atoms with E-state index in [0.29, 0.717) is 29.5 Å². The standard InChI is InChI=1S/C27H26O2P2.C15H7F3O4.Eu/c28-30(24-14-5-1-6-15-24,25-16-7-2-8-17-25)22-13-23-31(29,26-18-9-3-10-19-26)27-20-11-4-12-21-27;16-15(17,18)13(20)11-12(19)10-8-4-2-1-3-7(8)5-6-9(10)22-14(11)21;/h1-12,14-21H,13,22-23H2;1-6,19H;. The second-order valence-electron chi connectivity index (χ2n) is 12.2. The number of ketones is 1. The van der Waals surface area contributed by atoms with E-state index in [4.69, 9.17) is 4.42 Å². The van der Waals surface area contributed by atoms with Crippen LogP contribution in [0, 0.1) is 49.4 Å². The molecule has 0 saturated carbocycles. The van der Waals surface area contributed by atoms with Crippen LogP contribution in [0.2, 0.25) is 0 Å². The average molecular weight is 905 g/mol. The summed E-state index contributed by atoms with van der Waals surface area (Å²) < 4.78 is 71.0. The number of rotatable bonds is 9. The molecule has 12 heteroatoms. The zero-order chi connectivity index (χ0) is 37.6. The molecule has 0 bridgehead atoms. The van der Waals surface area contributed by atoms with Gasteiger partial charge in [-0.05, 0) is 23.3 Å². The number of benzene rings is 6. The number of fused-ring (bicyclic) bond motifs is 3. The van der Waals surface area contributed by atoms with E-state index in [1.165, 1.54) is 6.07 Å². The Hall–Kier alpha value is -3.91. The summed E-state index contributed by atoms with van der Waals surface area (Å²) in [6.45, 7) is 0. The first kappa shape index (κ1) is 41.3. The van der Waals surface area contributed by atoms with Gasteiger partial charge in [0.05, 0.1) is 5.39 Å². The van der Waals surface area contributed by atoms with E-state index in [2.05, 4.69) is 0 Å². The second kappa shape index (κ2) is 17.7. The van der Waals surface area contributed by atoms with Crippen LogP contribution in [0.25, 0.3) is 21.7 Å². The van der Waals surface area contributed by atoms with Crippen molar-refractivity contribution in [3.8, 4) is 5.75 Å². The van der Waals surface area contributed by atoms with Crippen molar-refractivity contribution in [2.24, 2.45) is 0 Å². The Balaban J connectivity index is 0.000000215. The summed E-state index contributed by atoms with van der Waals surface area (Å²) in [6.07, 6.45) is -3.69. The molecule has 0 spiro atoms. The minimum Gasteiger partial charge on any atom is -0.506 e. The van der Waals surface area contributed by atoms with Crippen LogP contribution in [0.3, 0.4) is 0 Å². The fourth-order valence-corrected chi connectivity index (χ4v) is 12.0. The maximum atomic E-state index is 14.3. The number of halogens is 3. The molecule has 0 atom stereocenters. The Morgan fingerprint density at radius 2 is 0.981 bits per heavy atom. The number of carbonyl (C=O) groups excluding carboxylic acids is 1. The Labute approximate surface area is 350 Å². The fraction of sp³-hybridized carbons (Fsp3) is 0.0952. The smallest absolute Gasteiger partial charge is 0.455 e. The summed E-state index contributed by atoms with van der Waals surface area (Å²) >= 11 is 0. The second-order valence-corrected chi connectivity index (χ2v) is 18.1. The van der Waals surface area contributed by atoms with E-state index in [0.717, 1.165) is 21.2 Å². The van der Waals surface area contributed by atoms with Gasteiger partial charge < -0.3 is 18.7 Å². The number of hydrogen-bond donors (Lipinski definition) is 1. The number of carbonyl (C=O) groups is 1. The first-order valence-electron chi connectivity index (χ1n) is 16.6. The molecule has 0 aliphatic heterocycles. The normalized spacial score (nSPS) is 11.7. The van der Waals surface area contributed by atoms with E-state index in [9.17, 15) is 37.0 Å². The summed E-state index contributed by atoms with van der Waals surface area (Å²) in [5.41, 5.74) is -3.03. The number of Topliss-reactive ketones (excluding diaryl/α,β-unsaturated/α-hetero) is 1. The topological polar surface area (TPSA) is 102 Å². The van der Waals surface area contributed by atoms with Crippen molar-refractivity contribution in [1.29, 1.82) is 0 Å². The van der Waals surface area contributed by atoms with Gasteiger partial charge in [0, 0.05) is 82.9 Å². The zero-order valence-corrected chi connectivity index (χ0v) is 32.7. The van der Waals surface area contributed by atoms with E-state index < -0.39 is 43.2 Å². The van der Waals surface area contributed by atoms with Crippen LogP contribution in [-0.2, 0) is 9.13 Å². The molecule has 1 aromatic heterocycles. The van der Waals surface area contributed by atoms with Crippen LogP contribution in [0.5, 0.6) is 5.75 Å². The third-order valence-electron chi connectivity index (χ3n) is 8.89. The summed E-state index contributed by atoms with van der Waals surface area (Å²) in [7, 11) is -5.63. The van der Waals surface area contributed by atoms with E-state index in [-0.39, 0.29) is 60.3 Å². The summed E-state index contributed by atoms with van der Waals surface area (Å²) in [5.74, 6) is -3.46. The van der Waals surface area contributed by atoms with Crippen LogP contribution < -0.4 is 26.8 Å². The molecule has 7 rings (SSSR count). The molecule has 0 amide bonds. The summed E-state index contributed by atoms with van der Waals surface area (Å²) in [4.78, 5) is 23.0. The molecule has 0 aliphatic carbocycles. The molecule has 1 heterocycles. The molecule has 6 nitrogen and oxygen atoms in total. The van der Waals surface area contributed by atoms with Crippen molar-refractivity contribution >= 4 is 63.0 Å². The molecule has 7 aromatic rings. The Morgan fingerprint density at radius 1 is 0.593 bits per heavy atom. The maximum absolute atomic E-state index is 14.3. The van der Waals surface area contributed by atoms with Crippen molar-refractivity contribution in [2.45, 2.75) is 12.6 Å². The van der Waals surface area contributed by atoms with Crippen molar-refractivity contribution in [3.05, 3.63) is 174 Å². The molecule has 1 N–H and O–H groups in total. The van der Waals surface area contributed by atoms with Gasteiger partial charge >= 0.3 is 11.8 Å². The van der Waals surface area contributed by atoms with Gasteiger partial charge in [-0.3, -0.25) is 4.79 Å². The van der Waals surface area contributed by atoms with Crippen molar-refractivity contribution in [2.75, 3.05) is 12.3 Å². The molecular formula is C42H33EuF3O6P2. The molecule has 0 aliphatic rings. The van der Waals surface area contributed by atoms with Gasteiger partial charge in [0.25, 0.3) is 5.78 Å². The molecule has 1 radical (unpaired) electrons. The maximum Gasteiger partial charge on any atom is 0.455 e. The van der Waals surface area contributed by atoms with Crippen molar-refractivity contribution in [1.82, 2.24) is 0 Å². The van der Waals surface area contributed by atoms with Gasteiger partial charge in [-0.25, -0.2) is 4.79 Å². The predicted molar refractivity (Wildman–Crippen MR) is 206 cm³/mol. The average Bonchev–Trinajstić information content (AvgIpc) is 3.18. The van der Waals surface area contributed by atoms with E-state index >= 15 is 0 Å². The molecule has 6 aromatic carbocycles. The van der Waals surface area contributed by atoms with Crippen LogP contribution in [0.15, 0.2) is 167 Å². The Morgan fingerprint density at radius 3 is 1.39 bits per heavy atom. The number of hydrogen-bond acceptors (Lipinski definition) is 6. The van der Waals surface area contributed by atoms with Gasteiger partial charge in [0.1, 0.15) is 25.6 Å².